The number of benzene rings is 3. The van der Waals surface area contributed by atoms with Crippen molar-refractivity contribution in [3.8, 4) is 16.9 Å². The predicted molar refractivity (Wildman–Crippen MR) is 122 cm³/mol. The molecule has 0 aliphatic heterocycles. The van der Waals surface area contributed by atoms with Crippen LogP contribution in [0, 0.1) is 11.7 Å². The molecule has 0 heterocycles. The molecule has 8 heteroatoms. The minimum Gasteiger partial charge on any atom is -0.497 e. The van der Waals surface area contributed by atoms with Gasteiger partial charge < -0.3 is 10.1 Å². The number of carbonyl (C=O) groups excluding carboxylic acids is 1. The first-order valence-electron chi connectivity index (χ1n) is 10.0. The molecule has 2 N–H and O–H groups in total. The Morgan fingerprint density at radius 2 is 1.53 bits per heavy atom. The van der Waals surface area contributed by atoms with E-state index >= 15 is 0 Å². The van der Waals surface area contributed by atoms with Crippen molar-refractivity contribution >= 4 is 21.6 Å². The van der Waals surface area contributed by atoms with Crippen LogP contribution in [0.4, 0.5) is 10.1 Å². The zero-order valence-corrected chi connectivity index (χ0v) is 18.8. The Morgan fingerprint density at radius 1 is 0.938 bits per heavy atom. The maximum atomic E-state index is 13.1. The third-order valence-corrected chi connectivity index (χ3v) is 6.37. The number of carbonyl (C=O) groups is 1. The highest BCUT2D eigenvalue weighted by molar-refractivity contribution is 7.89. The van der Waals surface area contributed by atoms with Gasteiger partial charge in [-0.2, -0.15) is 4.72 Å². The van der Waals surface area contributed by atoms with Crippen LogP contribution < -0.4 is 14.8 Å². The van der Waals surface area contributed by atoms with E-state index in [4.69, 9.17) is 4.74 Å². The summed E-state index contributed by atoms with van der Waals surface area (Å²) in [6, 6.07) is 18.0. The fraction of sp³-hybridized carbons (Fsp3) is 0.208. The summed E-state index contributed by atoms with van der Waals surface area (Å²) < 4.78 is 46.6. The molecule has 168 valence electrons. The summed E-state index contributed by atoms with van der Waals surface area (Å²) in [5.74, 6) is -0.538. The van der Waals surface area contributed by atoms with E-state index in [1.165, 1.54) is 31.4 Å². The van der Waals surface area contributed by atoms with Crippen LogP contribution in [0.5, 0.6) is 5.75 Å². The molecule has 0 spiro atoms. The number of nitrogens with one attached hydrogen (secondary N) is 2. The summed E-state index contributed by atoms with van der Waals surface area (Å²) in [6.45, 7) is 3.52. The fourth-order valence-electron chi connectivity index (χ4n) is 3.12. The van der Waals surface area contributed by atoms with Crippen molar-refractivity contribution in [2.24, 2.45) is 5.92 Å². The van der Waals surface area contributed by atoms with Crippen molar-refractivity contribution in [2.45, 2.75) is 24.8 Å². The highest BCUT2D eigenvalue weighted by atomic mass is 32.2. The number of halogens is 1. The van der Waals surface area contributed by atoms with Gasteiger partial charge in [-0.25, -0.2) is 12.8 Å². The molecule has 3 aromatic carbocycles. The second-order valence-electron chi connectivity index (χ2n) is 7.60. The quantitative estimate of drug-likeness (QED) is 0.525. The van der Waals surface area contributed by atoms with Gasteiger partial charge in [0.15, 0.2) is 0 Å². The first-order valence-corrected chi connectivity index (χ1v) is 11.5. The zero-order valence-electron chi connectivity index (χ0n) is 18.0. The van der Waals surface area contributed by atoms with Gasteiger partial charge in [-0.05, 0) is 53.4 Å². The molecule has 0 radical (unpaired) electrons. The molecule has 0 unspecified atom stereocenters. The molecule has 0 bridgehead atoms. The lowest BCUT2D eigenvalue weighted by atomic mass is 10.0. The maximum Gasteiger partial charge on any atom is 0.242 e. The predicted octanol–water partition coefficient (Wildman–Crippen LogP) is 4.44. The van der Waals surface area contributed by atoms with Gasteiger partial charge in [0.05, 0.1) is 12.0 Å². The Morgan fingerprint density at radius 3 is 2.09 bits per heavy atom. The van der Waals surface area contributed by atoms with Crippen molar-refractivity contribution in [3.63, 3.8) is 0 Å². The molecule has 0 fully saturated rings. The summed E-state index contributed by atoms with van der Waals surface area (Å²) in [4.78, 5) is 12.9. The number of hydrogen-bond acceptors (Lipinski definition) is 4. The van der Waals surface area contributed by atoms with Crippen LogP contribution in [0.15, 0.2) is 77.7 Å². The van der Waals surface area contributed by atoms with Gasteiger partial charge in [0.1, 0.15) is 17.6 Å². The smallest absolute Gasteiger partial charge is 0.242 e. The Kier molecular flexibility index (Phi) is 7.27. The SMILES string of the molecule is COc1cccc(NC(=O)[C@H](NS(=O)(=O)c2ccc(-c3ccc(F)cc3)cc2)C(C)C)c1. The van der Waals surface area contributed by atoms with Crippen LogP contribution in [-0.2, 0) is 14.8 Å². The molecule has 1 atom stereocenters. The van der Waals surface area contributed by atoms with Gasteiger partial charge in [-0.15, -0.1) is 0 Å². The lowest BCUT2D eigenvalue weighted by Crippen LogP contribution is -2.47. The van der Waals surface area contributed by atoms with Gasteiger partial charge >= 0.3 is 0 Å². The molecule has 0 aliphatic carbocycles. The van der Waals surface area contributed by atoms with E-state index in [9.17, 15) is 17.6 Å². The van der Waals surface area contributed by atoms with Gasteiger partial charge in [0.25, 0.3) is 0 Å². The lowest BCUT2D eigenvalue weighted by molar-refractivity contribution is -0.118. The lowest BCUT2D eigenvalue weighted by Gasteiger charge is -2.22. The molecule has 6 nitrogen and oxygen atoms in total. The molecular weight excluding hydrogens is 431 g/mol. The van der Waals surface area contributed by atoms with E-state index in [-0.39, 0.29) is 16.6 Å². The Hall–Kier alpha value is -3.23. The first kappa shape index (κ1) is 23.4. The molecular formula is C24H25FN2O4S. The third-order valence-electron chi connectivity index (χ3n) is 4.91. The normalized spacial score (nSPS) is 12.4. The van der Waals surface area contributed by atoms with Crippen LogP contribution in [0.1, 0.15) is 13.8 Å². The van der Waals surface area contributed by atoms with Crippen molar-refractivity contribution in [1.29, 1.82) is 0 Å². The number of rotatable bonds is 8. The number of anilines is 1. The largest absolute Gasteiger partial charge is 0.497 e. The third kappa shape index (κ3) is 5.72. The van der Waals surface area contributed by atoms with Crippen molar-refractivity contribution in [3.05, 3.63) is 78.6 Å². The topological polar surface area (TPSA) is 84.5 Å². The molecule has 0 saturated carbocycles. The fourth-order valence-corrected chi connectivity index (χ4v) is 4.46. The highest BCUT2D eigenvalue weighted by Crippen LogP contribution is 2.23. The number of amides is 1. The van der Waals surface area contributed by atoms with Crippen LogP contribution in [-0.4, -0.2) is 27.5 Å². The number of ether oxygens (including phenoxy) is 1. The van der Waals surface area contributed by atoms with Gasteiger partial charge in [0.2, 0.25) is 15.9 Å². The summed E-state index contributed by atoms with van der Waals surface area (Å²) in [7, 11) is -2.43. The number of sulfonamides is 1. The molecule has 3 rings (SSSR count). The minimum absolute atomic E-state index is 0.0307. The number of hydrogen-bond donors (Lipinski definition) is 2. The second kappa shape index (κ2) is 9.93. The van der Waals surface area contributed by atoms with Crippen LogP contribution in [0.25, 0.3) is 11.1 Å². The van der Waals surface area contributed by atoms with Gasteiger partial charge in [-0.3, -0.25) is 4.79 Å². The van der Waals surface area contributed by atoms with E-state index in [1.807, 2.05) is 0 Å². The van der Waals surface area contributed by atoms with Gasteiger partial charge in [-0.1, -0.05) is 44.2 Å². The van der Waals surface area contributed by atoms with Crippen molar-refractivity contribution in [2.75, 3.05) is 12.4 Å². The monoisotopic (exact) mass is 456 g/mol. The van der Waals surface area contributed by atoms with E-state index in [2.05, 4.69) is 10.0 Å². The average molecular weight is 457 g/mol. The Balaban J connectivity index is 1.77. The van der Waals surface area contributed by atoms with Crippen LogP contribution in [0.2, 0.25) is 0 Å². The Bertz CT molecular complexity index is 1180. The first-order chi connectivity index (χ1) is 15.2. The van der Waals surface area contributed by atoms with Crippen LogP contribution >= 0.6 is 0 Å². The summed E-state index contributed by atoms with van der Waals surface area (Å²) in [6.07, 6.45) is 0. The van der Waals surface area contributed by atoms with E-state index in [1.54, 1.807) is 62.4 Å². The Labute approximate surface area is 187 Å². The van der Waals surface area contributed by atoms with Crippen LogP contribution in [0.3, 0.4) is 0 Å². The second-order valence-corrected chi connectivity index (χ2v) is 9.31. The molecule has 32 heavy (non-hydrogen) atoms. The summed E-state index contributed by atoms with van der Waals surface area (Å²) >= 11 is 0. The summed E-state index contributed by atoms with van der Waals surface area (Å²) in [5.41, 5.74) is 2.02. The minimum atomic E-state index is -3.96. The van der Waals surface area contributed by atoms with Crippen molar-refractivity contribution < 1.29 is 22.3 Å². The molecule has 0 aromatic heterocycles. The van der Waals surface area contributed by atoms with Gasteiger partial charge in [0, 0.05) is 11.8 Å². The number of methoxy groups -OCH3 is 1. The van der Waals surface area contributed by atoms with E-state index in [0.717, 1.165) is 11.1 Å². The molecule has 1 amide bonds. The maximum absolute atomic E-state index is 13.1. The molecule has 0 saturated heterocycles. The van der Waals surface area contributed by atoms with E-state index < -0.39 is 22.0 Å². The van der Waals surface area contributed by atoms with E-state index in [0.29, 0.717) is 11.4 Å². The highest BCUT2D eigenvalue weighted by Gasteiger charge is 2.28. The standard InChI is InChI=1S/C24H25FN2O4S/c1-16(2)23(24(28)26-20-5-4-6-21(15-20)31-3)27-32(29,30)22-13-9-18(10-14-22)17-7-11-19(25)12-8-17/h4-16,23,27H,1-3H3,(H,26,28)/t23-/m1/s1. The molecule has 0 aliphatic rings. The average Bonchev–Trinajstić information content (AvgIpc) is 2.78. The van der Waals surface area contributed by atoms with Crippen molar-refractivity contribution in [1.82, 2.24) is 4.72 Å². The summed E-state index contributed by atoms with van der Waals surface area (Å²) in [5, 5.41) is 2.73. The zero-order chi connectivity index (χ0) is 23.3. The molecule has 3 aromatic rings.